The third-order valence-corrected chi connectivity index (χ3v) is 3.43. The van der Waals surface area contributed by atoms with Gasteiger partial charge in [0.05, 0.1) is 12.0 Å². The van der Waals surface area contributed by atoms with Crippen LogP contribution in [0.2, 0.25) is 5.02 Å². The summed E-state index contributed by atoms with van der Waals surface area (Å²) in [5.74, 6) is 0.337. The van der Waals surface area contributed by atoms with E-state index in [1.54, 1.807) is 7.11 Å². The van der Waals surface area contributed by atoms with E-state index in [1.807, 2.05) is 24.3 Å². The average molecular weight is 335 g/mol. The highest BCUT2D eigenvalue weighted by Crippen LogP contribution is 2.32. The van der Waals surface area contributed by atoms with Crippen LogP contribution in [0.5, 0.6) is 11.5 Å². The molecule has 120 valence electrons. The molecule has 0 amide bonds. The second-order valence-corrected chi connectivity index (χ2v) is 5.15. The molecule has 0 saturated carbocycles. The highest BCUT2D eigenvalue weighted by molar-refractivity contribution is 6.31. The smallest absolute Gasteiger partial charge is 0.312 e. The summed E-state index contributed by atoms with van der Waals surface area (Å²) >= 11 is 5.82. The lowest BCUT2D eigenvalue weighted by molar-refractivity contribution is -0.385. The van der Waals surface area contributed by atoms with Crippen LogP contribution in [0.25, 0.3) is 0 Å². The van der Waals surface area contributed by atoms with Crippen LogP contribution in [-0.2, 0) is 6.42 Å². The Morgan fingerprint density at radius 2 is 2.13 bits per heavy atom. The number of hydrogen-bond acceptors (Lipinski definition) is 5. The Bertz CT molecular complexity index is 747. The van der Waals surface area contributed by atoms with Crippen LogP contribution in [0.1, 0.15) is 11.1 Å². The Morgan fingerprint density at radius 1 is 1.39 bits per heavy atom. The van der Waals surface area contributed by atoms with E-state index in [2.05, 4.69) is 4.99 Å². The van der Waals surface area contributed by atoms with E-state index in [-0.39, 0.29) is 10.6 Å². The zero-order valence-electron chi connectivity index (χ0n) is 12.4. The summed E-state index contributed by atoms with van der Waals surface area (Å²) in [6, 6.07) is 10.1. The lowest BCUT2D eigenvalue weighted by atomic mass is 10.1. The quantitative estimate of drug-likeness (QED) is 0.496. The number of para-hydroxylation sites is 1. The highest BCUT2D eigenvalue weighted by atomic mass is 35.5. The molecule has 0 heterocycles. The number of nitro benzene ring substituents is 1. The van der Waals surface area contributed by atoms with Crippen molar-refractivity contribution in [3.63, 3.8) is 0 Å². The van der Waals surface area contributed by atoms with Crippen LogP contribution in [0, 0.1) is 10.1 Å². The molecule has 0 unspecified atom stereocenters. The van der Waals surface area contributed by atoms with Crippen molar-refractivity contribution in [1.29, 1.82) is 0 Å². The monoisotopic (exact) mass is 334 g/mol. The van der Waals surface area contributed by atoms with Gasteiger partial charge in [0.1, 0.15) is 5.75 Å². The van der Waals surface area contributed by atoms with Crippen molar-refractivity contribution < 1.29 is 14.8 Å². The number of phenols is 1. The molecule has 0 aliphatic rings. The van der Waals surface area contributed by atoms with Crippen molar-refractivity contribution in [2.75, 3.05) is 13.7 Å². The number of nitrogens with zero attached hydrogens (tertiary/aromatic N) is 2. The molecule has 0 atom stereocenters. The number of methoxy groups -OCH3 is 1. The van der Waals surface area contributed by atoms with Gasteiger partial charge in [-0.05, 0) is 24.1 Å². The van der Waals surface area contributed by atoms with E-state index >= 15 is 0 Å². The molecule has 2 rings (SSSR count). The van der Waals surface area contributed by atoms with E-state index in [0.717, 1.165) is 17.4 Å². The van der Waals surface area contributed by atoms with Crippen LogP contribution in [-0.4, -0.2) is 29.9 Å². The SMILES string of the molecule is COc1ccccc1CCN=Cc1cc(Cl)cc([N+](=O)[O-])c1O. The van der Waals surface area contributed by atoms with E-state index in [0.29, 0.717) is 13.0 Å². The maximum atomic E-state index is 10.8. The van der Waals surface area contributed by atoms with Gasteiger partial charge in [0, 0.05) is 29.4 Å². The summed E-state index contributed by atoms with van der Waals surface area (Å²) in [7, 11) is 1.60. The molecule has 23 heavy (non-hydrogen) atoms. The number of hydrogen-bond donors (Lipinski definition) is 1. The second-order valence-electron chi connectivity index (χ2n) is 4.72. The van der Waals surface area contributed by atoms with Gasteiger partial charge < -0.3 is 9.84 Å². The number of nitro groups is 1. The Labute approximate surface area is 138 Å². The van der Waals surface area contributed by atoms with Gasteiger partial charge in [0.15, 0.2) is 0 Å². The first-order valence-electron chi connectivity index (χ1n) is 6.81. The fourth-order valence-corrected chi connectivity index (χ4v) is 2.32. The fraction of sp³-hybridized carbons (Fsp3) is 0.188. The van der Waals surface area contributed by atoms with Crippen LogP contribution < -0.4 is 4.74 Å². The predicted molar refractivity (Wildman–Crippen MR) is 88.9 cm³/mol. The molecular weight excluding hydrogens is 320 g/mol. The van der Waals surface area contributed by atoms with Crippen LogP contribution >= 0.6 is 11.6 Å². The minimum absolute atomic E-state index is 0.167. The van der Waals surface area contributed by atoms with Gasteiger partial charge in [-0.3, -0.25) is 15.1 Å². The Balaban J connectivity index is 2.11. The normalized spacial score (nSPS) is 10.9. The minimum Gasteiger partial charge on any atom is -0.502 e. The molecule has 2 aromatic rings. The Hall–Kier alpha value is -2.60. The minimum atomic E-state index is -0.687. The fourth-order valence-electron chi connectivity index (χ4n) is 2.10. The maximum Gasteiger partial charge on any atom is 0.312 e. The molecule has 0 spiro atoms. The molecule has 7 heteroatoms. The summed E-state index contributed by atoms with van der Waals surface area (Å²) in [6.45, 7) is 0.445. The van der Waals surface area contributed by atoms with Crippen LogP contribution in [0.15, 0.2) is 41.4 Å². The largest absolute Gasteiger partial charge is 0.502 e. The first-order valence-corrected chi connectivity index (χ1v) is 7.19. The Morgan fingerprint density at radius 3 is 2.83 bits per heavy atom. The molecule has 0 fully saturated rings. The van der Waals surface area contributed by atoms with E-state index < -0.39 is 16.4 Å². The van der Waals surface area contributed by atoms with Gasteiger partial charge in [0.25, 0.3) is 0 Å². The average Bonchev–Trinajstić information content (AvgIpc) is 2.54. The van der Waals surface area contributed by atoms with Gasteiger partial charge >= 0.3 is 5.69 Å². The predicted octanol–water partition coefficient (Wildman–Crippen LogP) is 3.62. The molecular formula is C16H15ClN2O4. The molecule has 2 aromatic carbocycles. The molecule has 6 nitrogen and oxygen atoms in total. The number of benzene rings is 2. The first kappa shape index (κ1) is 16.8. The van der Waals surface area contributed by atoms with Gasteiger partial charge in [-0.2, -0.15) is 0 Å². The van der Waals surface area contributed by atoms with Crippen LogP contribution in [0.4, 0.5) is 5.69 Å². The topological polar surface area (TPSA) is 85.0 Å². The summed E-state index contributed by atoms with van der Waals surface area (Å²) < 4.78 is 5.25. The van der Waals surface area contributed by atoms with Gasteiger partial charge in [-0.15, -0.1) is 0 Å². The van der Waals surface area contributed by atoms with Crippen LogP contribution in [0.3, 0.4) is 0 Å². The van der Waals surface area contributed by atoms with Gasteiger partial charge in [0.2, 0.25) is 5.75 Å². The Kier molecular flexibility index (Phi) is 5.54. The zero-order chi connectivity index (χ0) is 16.8. The highest BCUT2D eigenvalue weighted by Gasteiger charge is 2.17. The van der Waals surface area contributed by atoms with Gasteiger partial charge in [-0.25, -0.2) is 0 Å². The molecule has 0 aromatic heterocycles. The van der Waals surface area contributed by atoms with Crippen molar-refractivity contribution in [1.82, 2.24) is 0 Å². The van der Waals surface area contributed by atoms with Crippen molar-refractivity contribution >= 4 is 23.5 Å². The number of phenolic OH excluding ortho intramolecular Hbond substituents is 1. The lowest BCUT2D eigenvalue weighted by Gasteiger charge is -2.06. The third kappa shape index (κ3) is 4.20. The number of rotatable bonds is 6. The van der Waals surface area contributed by atoms with E-state index in [9.17, 15) is 15.2 Å². The summed E-state index contributed by atoms with van der Waals surface area (Å²) in [5, 5.41) is 20.9. The molecule has 0 saturated heterocycles. The van der Waals surface area contributed by atoms with E-state index in [4.69, 9.17) is 16.3 Å². The molecule has 1 N–H and O–H groups in total. The number of halogens is 1. The zero-order valence-corrected chi connectivity index (χ0v) is 13.2. The summed E-state index contributed by atoms with van der Waals surface area (Å²) in [4.78, 5) is 14.3. The number of aliphatic imine (C=N–C) groups is 1. The van der Waals surface area contributed by atoms with Crippen molar-refractivity contribution in [3.8, 4) is 11.5 Å². The number of aromatic hydroxyl groups is 1. The molecule has 0 aliphatic heterocycles. The summed E-state index contributed by atoms with van der Waals surface area (Å²) in [6.07, 6.45) is 2.02. The second kappa shape index (κ2) is 7.60. The lowest BCUT2D eigenvalue weighted by Crippen LogP contribution is -1.96. The third-order valence-electron chi connectivity index (χ3n) is 3.21. The first-order chi connectivity index (χ1) is 11.0. The van der Waals surface area contributed by atoms with Crippen molar-refractivity contribution in [3.05, 3.63) is 62.7 Å². The molecule has 0 bridgehead atoms. The van der Waals surface area contributed by atoms with Crippen molar-refractivity contribution in [2.45, 2.75) is 6.42 Å². The summed E-state index contributed by atoms with van der Waals surface area (Å²) in [5.41, 5.74) is 0.779. The van der Waals surface area contributed by atoms with Crippen molar-refractivity contribution in [2.24, 2.45) is 4.99 Å². The molecule has 0 aliphatic carbocycles. The maximum absolute atomic E-state index is 10.8. The number of ether oxygens (including phenoxy) is 1. The standard InChI is InChI=1S/C16H15ClN2O4/c1-23-15-5-3-2-4-11(15)6-7-18-10-12-8-13(17)9-14(16(12)20)19(21)22/h2-5,8-10,20H,6-7H2,1H3. The van der Waals surface area contributed by atoms with E-state index in [1.165, 1.54) is 12.3 Å². The van der Waals surface area contributed by atoms with Gasteiger partial charge in [-0.1, -0.05) is 29.8 Å². The molecule has 0 radical (unpaired) electrons.